The van der Waals surface area contributed by atoms with Crippen LogP contribution in [-0.2, 0) is 12.8 Å². The first kappa shape index (κ1) is 15.2. The van der Waals surface area contributed by atoms with Crippen molar-refractivity contribution >= 4 is 5.82 Å². The molecule has 2 aromatic rings. The summed E-state index contributed by atoms with van der Waals surface area (Å²) in [5.41, 5.74) is 0.0817. The lowest BCUT2D eigenvalue weighted by molar-refractivity contribution is -0.137. The Bertz CT molecular complexity index is 585. The average Bonchev–Trinajstić information content (AvgIpc) is 2.45. The molecule has 0 aliphatic heterocycles. The number of halogens is 3. The number of hydrogen-bond acceptors (Lipinski definition) is 3. The van der Waals surface area contributed by atoms with E-state index in [1.165, 1.54) is 0 Å². The van der Waals surface area contributed by atoms with Gasteiger partial charge in [-0.25, -0.2) is 0 Å². The lowest BCUT2D eigenvalue weighted by Crippen LogP contribution is -2.09. The summed E-state index contributed by atoms with van der Waals surface area (Å²) in [5, 5.41) is 2.77. The fourth-order valence-electron chi connectivity index (χ4n) is 1.75. The summed E-state index contributed by atoms with van der Waals surface area (Å²) in [6.07, 6.45) is -4.43. The predicted octanol–water partition coefficient (Wildman–Crippen LogP) is 4.11. The van der Waals surface area contributed by atoms with Gasteiger partial charge in [0.2, 0.25) is 5.88 Å². The maximum atomic E-state index is 12.8. The van der Waals surface area contributed by atoms with Crippen molar-refractivity contribution in [1.29, 1.82) is 0 Å². The van der Waals surface area contributed by atoms with Crippen molar-refractivity contribution in [2.24, 2.45) is 0 Å². The van der Waals surface area contributed by atoms with Crippen LogP contribution in [0.15, 0.2) is 42.5 Å². The molecule has 0 spiro atoms. The molecule has 2 rings (SSSR count). The fourth-order valence-corrected chi connectivity index (χ4v) is 1.75. The number of aromatic nitrogens is 1. The number of ether oxygens (including phenoxy) is 1. The fraction of sp³-hybridized carbons (Fsp3) is 0.267. The quantitative estimate of drug-likeness (QED) is 0.901. The number of hydrogen-bond donors (Lipinski definition) is 1. The van der Waals surface area contributed by atoms with Crippen molar-refractivity contribution in [3.05, 3.63) is 53.6 Å². The summed E-state index contributed by atoms with van der Waals surface area (Å²) in [4.78, 5) is 4.02. The summed E-state index contributed by atoms with van der Waals surface area (Å²) in [6, 6.07) is 11.1. The maximum Gasteiger partial charge on any atom is 0.416 e. The molecule has 0 aliphatic rings. The highest BCUT2D eigenvalue weighted by atomic mass is 19.4. The molecule has 0 saturated heterocycles. The molecular formula is C15H15F3N2O. The van der Waals surface area contributed by atoms with Gasteiger partial charge in [0.15, 0.2) is 0 Å². The van der Waals surface area contributed by atoms with Crippen LogP contribution in [0.3, 0.4) is 0 Å². The van der Waals surface area contributed by atoms with Crippen molar-refractivity contribution in [2.45, 2.75) is 19.7 Å². The molecule has 0 amide bonds. The van der Waals surface area contributed by atoms with Crippen LogP contribution >= 0.6 is 0 Å². The third kappa shape index (κ3) is 4.37. The zero-order valence-electron chi connectivity index (χ0n) is 11.4. The van der Waals surface area contributed by atoms with Crippen LogP contribution in [0.4, 0.5) is 19.0 Å². The normalized spacial score (nSPS) is 11.2. The van der Waals surface area contributed by atoms with Crippen molar-refractivity contribution in [2.75, 3.05) is 11.9 Å². The second kappa shape index (κ2) is 6.47. The lowest BCUT2D eigenvalue weighted by atomic mass is 10.2. The minimum absolute atomic E-state index is 0.0513. The van der Waals surface area contributed by atoms with Gasteiger partial charge in [0, 0.05) is 12.6 Å². The number of anilines is 1. The second-order valence-corrected chi connectivity index (χ2v) is 4.38. The molecule has 0 bridgehead atoms. The van der Waals surface area contributed by atoms with Gasteiger partial charge in [0.1, 0.15) is 12.4 Å². The van der Waals surface area contributed by atoms with E-state index in [0.717, 1.165) is 17.7 Å². The Morgan fingerprint density at radius 2 is 1.86 bits per heavy atom. The molecule has 0 unspecified atom stereocenters. The Kier molecular flexibility index (Phi) is 4.67. The van der Waals surface area contributed by atoms with Gasteiger partial charge in [-0.3, -0.25) is 0 Å². The summed E-state index contributed by atoms with van der Waals surface area (Å²) in [5.74, 6) is 0.0972. The first-order chi connectivity index (χ1) is 9.99. The SMILES string of the molecule is CCNc1cc(C(F)(F)F)cc(OCc2ccccc2)n1. The number of nitrogens with one attached hydrogen (secondary N) is 1. The third-order valence-corrected chi connectivity index (χ3v) is 2.72. The molecule has 1 aromatic carbocycles. The summed E-state index contributed by atoms with van der Waals surface area (Å²) >= 11 is 0. The van der Waals surface area contributed by atoms with Crippen LogP contribution in [0.2, 0.25) is 0 Å². The highest BCUT2D eigenvalue weighted by Crippen LogP contribution is 2.32. The minimum atomic E-state index is -4.43. The highest BCUT2D eigenvalue weighted by Gasteiger charge is 2.32. The molecule has 0 fully saturated rings. The van der Waals surface area contributed by atoms with Crippen LogP contribution in [0.25, 0.3) is 0 Å². The zero-order chi connectivity index (χ0) is 15.3. The molecule has 0 radical (unpaired) electrons. The van der Waals surface area contributed by atoms with Crippen LogP contribution < -0.4 is 10.1 Å². The molecule has 1 N–H and O–H groups in total. The monoisotopic (exact) mass is 296 g/mol. The summed E-state index contributed by atoms with van der Waals surface area (Å²) in [6.45, 7) is 2.43. The van der Waals surface area contributed by atoms with E-state index in [0.29, 0.717) is 6.54 Å². The standard InChI is InChI=1S/C15H15F3N2O/c1-2-19-13-8-12(15(16,17)18)9-14(20-13)21-10-11-6-4-3-5-7-11/h3-9H,2,10H2,1H3,(H,19,20). The molecule has 112 valence electrons. The van der Waals surface area contributed by atoms with Crippen molar-refractivity contribution in [1.82, 2.24) is 4.98 Å². The largest absolute Gasteiger partial charge is 0.473 e. The van der Waals surface area contributed by atoms with Gasteiger partial charge in [0.05, 0.1) is 5.56 Å². The number of alkyl halides is 3. The van der Waals surface area contributed by atoms with E-state index in [-0.39, 0.29) is 18.3 Å². The molecule has 0 atom stereocenters. The lowest BCUT2D eigenvalue weighted by Gasteiger charge is -2.12. The summed E-state index contributed by atoms with van der Waals surface area (Å²) < 4.78 is 43.9. The molecule has 0 aliphatic carbocycles. The van der Waals surface area contributed by atoms with Gasteiger partial charge in [-0.15, -0.1) is 0 Å². The van der Waals surface area contributed by atoms with E-state index in [2.05, 4.69) is 10.3 Å². The predicted molar refractivity (Wildman–Crippen MR) is 74.2 cm³/mol. The molecule has 1 aromatic heterocycles. The number of benzene rings is 1. The van der Waals surface area contributed by atoms with Crippen LogP contribution in [0.1, 0.15) is 18.1 Å². The smallest absolute Gasteiger partial charge is 0.416 e. The Morgan fingerprint density at radius 3 is 2.48 bits per heavy atom. The van der Waals surface area contributed by atoms with E-state index in [9.17, 15) is 13.2 Å². The van der Waals surface area contributed by atoms with E-state index in [1.807, 2.05) is 30.3 Å². The molecule has 0 saturated carbocycles. The first-order valence-corrected chi connectivity index (χ1v) is 6.49. The second-order valence-electron chi connectivity index (χ2n) is 4.38. The van der Waals surface area contributed by atoms with E-state index in [1.54, 1.807) is 6.92 Å². The Morgan fingerprint density at radius 1 is 1.14 bits per heavy atom. The van der Waals surface area contributed by atoms with Crippen molar-refractivity contribution in [3.63, 3.8) is 0 Å². The number of rotatable bonds is 5. The Hall–Kier alpha value is -2.24. The maximum absolute atomic E-state index is 12.8. The van der Waals surface area contributed by atoms with Gasteiger partial charge in [-0.05, 0) is 18.6 Å². The summed E-state index contributed by atoms with van der Waals surface area (Å²) in [7, 11) is 0. The van der Waals surface area contributed by atoms with Crippen LogP contribution in [0, 0.1) is 0 Å². The van der Waals surface area contributed by atoms with Gasteiger partial charge >= 0.3 is 6.18 Å². The van der Waals surface area contributed by atoms with Gasteiger partial charge in [0.25, 0.3) is 0 Å². The molecule has 1 heterocycles. The molecule has 3 nitrogen and oxygen atoms in total. The molecular weight excluding hydrogens is 281 g/mol. The topological polar surface area (TPSA) is 34.1 Å². The van der Waals surface area contributed by atoms with E-state index in [4.69, 9.17) is 4.74 Å². The van der Waals surface area contributed by atoms with Crippen LogP contribution in [0.5, 0.6) is 5.88 Å². The Balaban J connectivity index is 2.19. The minimum Gasteiger partial charge on any atom is -0.473 e. The van der Waals surface area contributed by atoms with Crippen molar-refractivity contribution < 1.29 is 17.9 Å². The van der Waals surface area contributed by atoms with E-state index < -0.39 is 11.7 Å². The zero-order valence-corrected chi connectivity index (χ0v) is 11.4. The average molecular weight is 296 g/mol. The molecule has 6 heteroatoms. The van der Waals surface area contributed by atoms with Gasteiger partial charge in [-0.2, -0.15) is 18.2 Å². The molecule has 21 heavy (non-hydrogen) atoms. The van der Waals surface area contributed by atoms with Gasteiger partial charge in [-0.1, -0.05) is 30.3 Å². The van der Waals surface area contributed by atoms with Crippen LogP contribution in [-0.4, -0.2) is 11.5 Å². The van der Waals surface area contributed by atoms with Gasteiger partial charge < -0.3 is 10.1 Å². The number of pyridine rings is 1. The Labute approximate surface area is 120 Å². The number of nitrogens with zero attached hydrogens (tertiary/aromatic N) is 1. The third-order valence-electron chi connectivity index (χ3n) is 2.72. The first-order valence-electron chi connectivity index (χ1n) is 6.49. The highest BCUT2D eigenvalue weighted by molar-refractivity contribution is 5.42. The van der Waals surface area contributed by atoms with Crippen molar-refractivity contribution in [3.8, 4) is 5.88 Å². The van der Waals surface area contributed by atoms with E-state index >= 15 is 0 Å².